The molecule has 0 aliphatic heterocycles. The first-order valence-corrected chi connectivity index (χ1v) is 5.05. The summed E-state index contributed by atoms with van der Waals surface area (Å²) in [6.07, 6.45) is 1.59. The predicted molar refractivity (Wildman–Crippen MR) is 66.5 cm³/mol. The van der Waals surface area contributed by atoms with E-state index in [0.717, 1.165) is 5.56 Å². The molecule has 1 aromatic carbocycles. The van der Waals surface area contributed by atoms with Crippen LogP contribution in [0.1, 0.15) is 5.56 Å². The van der Waals surface area contributed by atoms with Crippen LogP contribution in [0.4, 0.5) is 0 Å². The van der Waals surface area contributed by atoms with Crippen LogP contribution in [0, 0.1) is 0 Å². The highest BCUT2D eigenvalue weighted by Gasteiger charge is 1.92. The molecule has 0 heterocycles. The number of ether oxygens (including phenoxy) is 1. The third kappa shape index (κ3) is 4.72. The number of nitrogens with two attached hydrogens (primary N) is 1. The summed E-state index contributed by atoms with van der Waals surface area (Å²) in [6, 6.07) is 7.24. The van der Waals surface area contributed by atoms with Crippen LogP contribution >= 0.6 is 12.2 Å². The van der Waals surface area contributed by atoms with E-state index in [9.17, 15) is 0 Å². The lowest BCUT2D eigenvalue weighted by Gasteiger charge is -2.03. The van der Waals surface area contributed by atoms with Gasteiger partial charge in [0.15, 0.2) is 5.11 Å². The molecule has 1 rings (SSSR count). The third-order valence-electron chi connectivity index (χ3n) is 1.63. The van der Waals surface area contributed by atoms with Crippen molar-refractivity contribution in [3.63, 3.8) is 0 Å². The van der Waals surface area contributed by atoms with E-state index >= 15 is 0 Å². The summed E-state index contributed by atoms with van der Waals surface area (Å²) >= 11 is 4.59. The van der Waals surface area contributed by atoms with Gasteiger partial charge in [0.05, 0.1) is 12.8 Å². The molecule has 0 aliphatic rings. The first-order chi connectivity index (χ1) is 7.72. The van der Waals surface area contributed by atoms with Crippen molar-refractivity contribution in [2.24, 2.45) is 10.8 Å². The summed E-state index contributed by atoms with van der Waals surface area (Å²) in [7, 11) is 0. The van der Waals surface area contributed by atoms with E-state index in [1.807, 2.05) is 12.1 Å². The van der Waals surface area contributed by atoms with Gasteiger partial charge in [-0.05, 0) is 42.0 Å². The molecule has 16 heavy (non-hydrogen) atoms. The van der Waals surface area contributed by atoms with Gasteiger partial charge in [0.1, 0.15) is 12.4 Å². The summed E-state index contributed by atoms with van der Waals surface area (Å²) in [5.74, 6) is 0.702. The Morgan fingerprint density at radius 3 is 2.75 bits per heavy atom. The van der Waals surface area contributed by atoms with Crippen molar-refractivity contribution in [1.82, 2.24) is 5.43 Å². The van der Waals surface area contributed by atoms with Gasteiger partial charge in [0, 0.05) is 0 Å². The Kier molecular flexibility index (Phi) is 5.24. The highest BCUT2D eigenvalue weighted by atomic mass is 32.1. The number of aliphatic hydroxyl groups is 1. The molecule has 0 bridgehead atoms. The standard InChI is InChI=1S/C10H13N3O2S/c11-10(16)13-12-7-8-1-3-9(4-2-8)15-6-5-14/h1-4,7,14H,5-6H2,(H3,11,13,16)/b12-7+. The maximum atomic E-state index is 8.57. The molecule has 0 fully saturated rings. The van der Waals surface area contributed by atoms with Crippen LogP contribution in [-0.2, 0) is 0 Å². The fourth-order valence-electron chi connectivity index (χ4n) is 0.984. The van der Waals surface area contributed by atoms with E-state index in [1.54, 1.807) is 18.3 Å². The van der Waals surface area contributed by atoms with Gasteiger partial charge in [-0.1, -0.05) is 0 Å². The van der Waals surface area contributed by atoms with Crippen LogP contribution in [0.3, 0.4) is 0 Å². The van der Waals surface area contributed by atoms with Crippen LogP contribution in [-0.4, -0.2) is 29.6 Å². The molecule has 0 aliphatic carbocycles. The van der Waals surface area contributed by atoms with Gasteiger partial charge >= 0.3 is 0 Å². The molecule has 0 spiro atoms. The van der Waals surface area contributed by atoms with Crippen LogP contribution in [0.15, 0.2) is 29.4 Å². The van der Waals surface area contributed by atoms with Gasteiger partial charge in [-0.25, -0.2) is 0 Å². The molecule has 6 heteroatoms. The highest BCUT2D eigenvalue weighted by molar-refractivity contribution is 7.80. The number of nitrogens with one attached hydrogen (secondary N) is 1. The molecule has 86 valence electrons. The molecule has 0 atom stereocenters. The normalized spacial score (nSPS) is 10.3. The fourth-order valence-corrected chi connectivity index (χ4v) is 1.04. The summed E-state index contributed by atoms with van der Waals surface area (Å²) in [6.45, 7) is 0.289. The van der Waals surface area contributed by atoms with E-state index in [1.165, 1.54) is 0 Å². The molecule has 0 saturated heterocycles. The molecular formula is C10H13N3O2S. The van der Waals surface area contributed by atoms with Gasteiger partial charge in [0.2, 0.25) is 0 Å². The van der Waals surface area contributed by atoms with E-state index in [-0.39, 0.29) is 18.3 Å². The summed E-state index contributed by atoms with van der Waals surface area (Å²) in [5.41, 5.74) is 8.54. The number of rotatable bonds is 5. The lowest BCUT2D eigenvalue weighted by atomic mass is 10.2. The lowest BCUT2D eigenvalue weighted by molar-refractivity contribution is 0.201. The molecule has 4 N–H and O–H groups in total. The highest BCUT2D eigenvalue weighted by Crippen LogP contribution is 2.10. The Morgan fingerprint density at radius 2 is 2.19 bits per heavy atom. The first-order valence-electron chi connectivity index (χ1n) is 4.64. The molecule has 1 aromatic rings. The number of nitrogens with zero attached hydrogens (tertiary/aromatic N) is 1. The van der Waals surface area contributed by atoms with Crippen molar-refractivity contribution in [3.8, 4) is 5.75 Å². The topological polar surface area (TPSA) is 79.9 Å². The molecule has 0 unspecified atom stereocenters. The maximum absolute atomic E-state index is 8.57. The fraction of sp³-hybridized carbons (Fsp3) is 0.200. The van der Waals surface area contributed by atoms with Crippen LogP contribution in [0.2, 0.25) is 0 Å². The SMILES string of the molecule is NC(=S)N/N=C/c1ccc(OCCO)cc1. The van der Waals surface area contributed by atoms with Crippen LogP contribution in [0.5, 0.6) is 5.75 Å². The Hall–Kier alpha value is -1.66. The third-order valence-corrected chi connectivity index (χ3v) is 1.72. The predicted octanol–water partition coefficient (Wildman–Crippen LogP) is 0.225. The van der Waals surface area contributed by atoms with Crippen LogP contribution in [0.25, 0.3) is 0 Å². The van der Waals surface area contributed by atoms with Crippen molar-refractivity contribution in [3.05, 3.63) is 29.8 Å². The first kappa shape index (κ1) is 12.4. The minimum atomic E-state index is 0.00107. The lowest BCUT2D eigenvalue weighted by Crippen LogP contribution is -2.23. The molecule has 0 saturated carbocycles. The molecule has 5 nitrogen and oxygen atoms in total. The zero-order chi connectivity index (χ0) is 11.8. The Bertz CT molecular complexity index is 365. The molecule has 0 radical (unpaired) electrons. The van der Waals surface area contributed by atoms with E-state index in [2.05, 4.69) is 22.7 Å². The smallest absolute Gasteiger partial charge is 0.184 e. The minimum absolute atomic E-state index is 0.00107. The number of benzene rings is 1. The van der Waals surface area contributed by atoms with Crippen molar-refractivity contribution in [2.45, 2.75) is 0 Å². The number of thiocarbonyl (C=S) groups is 1. The van der Waals surface area contributed by atoms with Crippen molar-refractivity contribution in [2.75, 3.05) is 13.2 Å². The van der Waals surface area contributed by atoms with Gasteiger partial charge in [-0.2, -0.15) is 5.10 Å². The van der Waals surface area contributed by atoms with Crippen molar-refractivity contribution in [1.29, 1.82) is 0 Å². The summed E-state index contributed by atoms with van der Waals surface area (Å²) < 4.78 is 5.20. The average Bonchev–Trinajstić information content (AvgIpc) is 2.27. The Morgan fingerprint density at radius 1 is 1.50 bits per heavy atom. The van der Waals surface area contributed by atoms with Crippen molar-refractivity contribution >= 4 is 23.5 Å². The second kappa shape index (κ2) is 6.76. The van der Waals surface area contributed by atoms with Gasteiger partial charge in [-0.15, -0.1) is 0 Å². The number of hydrogen-bond donors (Lipinski definition) is 3. The van der Waals surface area contributed by atoms with Crippen molar-refractivity contribution < 1.29 is 9.84 Å². The minimum Gasteiger partial charge on any atom is -0.491 e. The largest absolute Gasteiger partial charge is 0.491 e. The Balaban J connectivity index is 2.50. The van der Waals surface area contributed by atoms with E-state index in [4.69, 9.17) is 15.6 Å². The van der Waals surface area contributed by atoms with E-state index in [0.29, 0.717) is 5.75 Å². The molecular weight excluding hydrogens is 226 g/mol. The second-order valence-corrected chi connectivity index (χ2v) is 3.32. The maximum Gasteiger partial charge on any atom is 0.184 e. The van der Waals surface area contributed by atoms with E-state index < -0.39 is 0 Å². The zero-order valence-electron chi connectivity index (χ0n) is 8.59. The second-order valence-electron chi connectivity index (χ2n) is 2.88. The molecule has 0 aromatic heterocycles. The summed E-state index contributed by atoms with van der Waals surface area (Å²) in [4.78, 5) is 0. The van der Waals surface area contributed by atoms with Crippen LogP contribution < -0.4 is 15.9 Å². The van der Waals surface area contributed by atoms with Gasteiger partial charge in [-0.3, -0.25) is 5.43 Å². The summed E-state index contributed by atoms with van der Waals surface area (Å²) in [5, 5.41) is 12.5. The van der Waals surface area contributed by atoms with Gasteiger partial charge < -0.3 is 15.6 Å². The number of hydrogen-bond acceptors (Lipinski definition) is 4. The number of hydrazone groups is 1. The molecule has 0 amide bonds. The monoisotopic (exact) mass is 239 g/mol. The zero-order valence-corrected chi connectivity index (χ0v) is 9.41. The number of aliphatic hydroxyl groups excluding tert-OH is 1. The van der Waals surface area contributed by atoms with Gasteiger partial charge in [0.25, 0.3) is 0 Å². The Labute approximate surface area is 98.9 Å². The quantitative estimate of drug-likeness (QED) is 0.389. The average molecular weight is 239 g/mol.